The van der Waals surface area contributed by atoms with Crippen LogP contribution in [0.25, 0.3) is 0 Å². The van der Waals surface area contributed by atoms with Crippen LogP contribution >= 0.6 is 0 Å². The third-order valence-electron chi connectivity index (χ3n) is 1.93. The largest absolute Gasteiger partial charge is 0.395 e. The summed E-state index contributed by atoms with van der Waals surface area (Å²) in [5.74, 6) is 0. The second kappa shape index (κ2) is 4.16. The Morgan fingerprint density at radius 2 is 2.50 bits per heavy atom. The summed E-state index contributed by atoms with van der Waals surface area (Å²) in [4.78, 5) is 10.0. The van der Waals surface area contributed by atoms with Gasteiger partial charge in [-0.1, -0.05) is 0 Å². The van der Waals surface area contributed by atoms with E-state index < -0.39 is 11.0 Å². The van der Waals surface area contributed by atoms with Crippen LogP contribution in [-0.2, 0) is 13.5 Å². The summed E-state index contributed by atoms with van der Waals surface area (Å²) in [6.45, 7) is -0.206. The SMILES string of the molecule is Cn1ncc([N+](=O)[O-])c1CC(N)CO. The Bertz CT molecular complexity index is 336. The van der Waals surface area contributed by atoms with Gasteiger partial charge in [-0.2, -0.15) is 5.10 Å². The Labute approximate surface area is 80.3 Å². The van der Waals surface area contributed by atoms with E-state index in [4.69, 9.17) is 10.8 Å². The first-order valence-electron chi connectivity index (χ1n) is 4.08. The Kier molecular flexibility index (Phi) is 3.15. The molecule has 7 heteroatoms. The quantitative estimate of drug-likeness (QED) is 0.488. The Hall–Kier alpha value is -1.47. The van der Waals surface area contributed by atoms with Crippen LogP contribution < -0.4 is 5.73 Å². The third-order valence-corrected chi connectivity index (χ3v) is 1.93. The summed E-state index contributed by atoms with van der Waals surface area (Å²) in [5, 5.41) is 23.0. The minimum atomic E-state index is -0.508. The average Bonchev–Trinajstić information content (AvgIpc) is 2.48. The lowest BCUT2D eigenvalue weighted by Gasteiger charge is -2.07. The van der Waals surface area contributed by atoms with Crippen LogP contribution in [0.5, 0.6) is 0 Å². The van der Waals surface area contributed by atoms with Crippen molar-refractivity contribution in [1.82, 2.24) is 9.78 Å². The van der Waals surface area contributed by atoms with Crippen molar-refractivity contribution < 1.29 is 10.0 Å². The Balaban J connectivity index is 2.93. The van der Waals surface area contributed by atoms with Gasteiger partial charge in [-0.3, -0.25) is 14.8 Å². The van der Waals surface area contributed by atoms with Crippen LogP contribution in [0.4, 0.5) is 5.69 Å². The maximum absolute atomic E-state index is 10.6. The normalized spacial score (nSPS) is 12.8. The number of nitrogens with two attached hydrogens (primary N) is 1. The van der Waals surface area contributed by atoms with E-state index in [1.54, 1.807) is 7.05 Å². The minimum Gasteiger partial charge on any atom is -0.395 e. The molecule has 3 N–H and O–H groups in total. The number of aromatic nitrogens is 2. The highest BCUT2D eigenvalue weighted by Gasteiger charge is 2.20. The number of aliphatic hydroxyl groups excluding tert-OH is 1. The maximum atomic E-state index is 10.6. The van der Waals surface area contributed by atoms with Gasteiger partial charge in [0.25, 0.3) is 0 Å². The monoisotopic (exact) mass is 200 g/mol. The van der Waals surface area contributed by atoms with Crippen LogP contribution in [0.15, 0.2) is 6.20 Å². The van der Waals surface area contributed by atoms with E-state index in [0.29, 0.717) is 5.69 Å². The van der Waals surface area contributed by atoms with Gasteiger partial charge in [-0.05, 0) is 0 Å². The maximum Gasteiger partial charge on any atom is 0.310 e. The van der Waals surface area contributed by atoms with Crippen molar-refractivity contribution in [3.63, 3.8) is 0 Å². The van der Waals surface area contributed by atoms with Gasteiger partial charge in [0, 0.05) is 19.5 Å². The molecule has 14 heavy (non-hydrogen) atoms. The van der Waals surface area contributed by atoms with Crippen molar-refractivity contribution >= 4 is 5.69 Å². The van der Waals surface area contributed by atoms with E-state index in [1.807, 2.05) is 0 Å². The van der Waals surface area contributed by atoms with E-state index in [1.165, 1.54) is 10.9 Å². The molecule has 0 aliphatic rings. The van der Waals surface area contributed by atoms with Crippen molar-refractivity contribution in [2.75, 3.05) is 6.61 Å². The number of aryl methyl sites for hydroxylation is 1. The predicted molar refractivity (Wildman–Crippen MR) is 48.6 cm³/mol. The fourth-order valence-corrected chi connectivity index (χ4v) is 1.15. The second-order valence-electron chi connectivity index (χ2n) is 3.00. The Morgan fingerprint density at radius 3 is 3.00 bits per heavy atom. The zero-order valence-electron chi connectivity index (χ0n) is 7.75. The molecule has 1 rings (SSSR count). The van der Waals surface area contributed by atoms with Crippen LogP contribution in [-0.4, -0.2) is 32.5 Å². The molecule has 0 aliphatic carbocycles. The van der Waals surface area contributed by atoms with Gasteiger partial charge in [0.2, 0.25) is 0 Å². The van der Waals surface area contributed by atoms with Crippen LogP contribution in [0, 0.1) is 10.1 Å². The number of nitrogens with zero attached hydrogens (tertiary/aromatic N) is 3. The molecule has 7 nitrogen and oxygen atoms in total. The molecule has 0 amide bonds. The van der Waals surface area contributed by atoms with Crippen molar-refractivity contribution in [3.8, 4) is 0 Å². The first kappa shape index (κ1) is 10.6. The molecule has 0 aliphatic heterocycles. The second-order valence-corrected chi connectivity index (χ2v) is 3.00. The molecule has 0 saturated heterocycles. The summed E-state index contributed by atoms with van der Waals surface area (Å²) >= 11 is 0. The van der Waals surface area contributed by atoms with E-state index in [9.17, 15) is 10.1 Å². The molecule has 1 unspecified atom stereocenters. The van der Waals surface area contributed by atoms with Gasteiger partial charge >= 0.3 is 5.69 Å². The molecule has 1 atom stereocenters. The lowest BCUT2D eigenvalue weighted by Crippen LogP contribution is -2.28. The van der Waals surface area contributed by atoms with Crippen molar-refractivity contribution in [3.05, 3.63) is 22.0 Å². The standard InChI is InChI=1S/C7H12N4O3/c1-10-6(2-5(8)4-12)7(3-9-10)11(13)14/h3,5,12H,2,4,8H2,1H3. The number of hydrogen-bond acceptors (Lipinski definition) is 5. The van der Waals surface area contributed by atoms with Crippen molar-refractivity contribution in [1.29, 1.82) is 0 Å². The van der Waals surface area contributed by atoms with Gasteiger partial charge < -0.3 is 10.8 Å². The molecule has 78 valence electrons. The zero-order chi connectivity index (χ0) is 10.7. The first-order chi connectivity index (χ1) is 6.56. The van der Waals surface area contributed by atoms with Crippen LogP contribution in [0.2, 0.25) is 0 Å². The fourth-order valence-electron chi connectivity index (χ4n) is 1.15. The summed E-state index contributed by atoms with van der Waals surface area (Å²) in [6, 6.07) is -0.496. The van der Waals surface area contributed by atoms with Gasteiger partial charge in [0.05, 0.1) is 11.5 Å². The molecule has 1 heterocycles. The van der Waals surface area contributed by atoms with Gasteiger partial charge in [0.15, 0.2) is 0 Å². The number of nitro groups is 1. The highest BCUT2D eigenvalue weighted by atomic mass is 16.6. The van der Waals surface area contributed by atoms with E-state index in [2.05, 4.69) is 5.10 Å². The molecular formula is C7H12N4O3. The van der Waals surface area contributed by atoms with E-state index in [0.717, 1.165) is 0 Å². The first-order valence-corrected chi connectivity index (χ1v) is 4.08. The average molecular weight is 200 g/mol. The highest BCUT2D eigenvalue weighted by molar-refractivity contribution is 5.33. The lowest BCUT2D eigenvalue weighted by molar-refractivity contribution is -0.385. The van der Waals surface area contributed by atoms with Crippen molar-refractivity contribution in [2.45, 2.75) is 12.5 Å². The highest BCUT2D eigenvalue weighted by Crippen LogP contribution is 2.17. The van der Waals surface area contributed by atoms with E-state index in [-0.39, 0.29) is 18.7 Å². The molecule has 0 radical (unpaired) electrons. The molecule has 0 aromatic carbocycles. The van der Waals surface area contributed by atoms with Crippen molar-refractivity contribution in [2.24, 2.45) is 12.8 Å². The molecule has 1 aromatic heterocycles. The molecule has 0 fully saturated rings. The predicted octanol–water partition coefficient (Wildman–Crippen LogP) is -0.810. The lowest BCUT2D eigenvalue weighted by atomic mass is 10.1. The summed E-state index contributed by atoms with van der Waals surface area (Å²) in [7, 11) is 1.60. The number of hydrogen-bond donors (Lipinski definition) is 2. The molecule has 1 aromatic rings. The van der Waals surface area contributed by atoms with E-state index >= 15 is 0 Å². The topological polar surface area (TPSA) is 107 Å². The fraction of sp³-hybridized carbons (Fsp3) is 0.571. The number of rotatable bonds is 4. The molecule has 0 saturated carbocycles. The minimum absolute atomic E-state index is 0.0589. The smallest absolute Gasteiger partial charge is 0.310 e. The van der Waals surface area contributed by atoms with Crippen LogP contribution in [0.3, 0.4) is 0 Å². The van der Waals surface area contributed by atoms with Gasteiger partial charge in [-0.15, -0.1) is 0 Å². The summed E-state index contributed by atoms with van der Waals surface area (Å²) in [6.07, 6.45) is 1.42. The molecular weight excluding hydrogens is 188 g/mol. The molecule has 0 spiro atoms. The molecule has 0 bridgehead atoms. The summed E-state index contributed by atoms with van der Waals surface area (Å²) < 4.78 is 1.40. The van der Waals surface area contributed by atoms with Gasteiger partial charge in [0.1, 0.15) is 11.9 Å². The van der Waals surface area contributed by atoms with Gasteiger partial charge in [-0.25, -0.2) is 0 Å². The summed E-state index contributed by atoms with van der Waals surface area (Å²) in [5.41, 5.74) is 5.86. The number of aliphatic hydroxyl groups is 1. The Morgan fingerprint density at radius 1 is 1.86 bits per heavy atom. The van der Waals surface area contributed by atoms with Crippen LogP contribution in [0.1, 0.15) is 5.69 Å². The zero-order valence-corrected chi connectivity index (χ0v) is 7.75. The third kappa shape index (κ3) is 2.06.